The summed E-state index contributed by atoms with van der Waals surface area (Å²) < 4.78 is 11.4. The SMILES string of the molecule is COc1cccc(Oc2cc(Cl)ccc2CC[AsH2])c1C. The number of hydrogen-bond donors (Lipinski definition) is 0. The number of methoxy groups -OCH3 is 1. The fourth-order valence-electron chi connectivity index (χ4n) is 2.03. The van der Waals surface area contributed by atoms with Gasteiger partial charge in [-0.3, -0.25) is 0 Å². The molecule has 2 aromatic carbocycles. The Morgan fingerprint density at radius 2 is 1.85 bits per heavy atom. The van der Waals surface area contributed by atoms with E-state index in [1.54, 1.807) is 24.0 Å². The third-order valence-corrected chi connectivity index (χ3v) is 3.96. The van der Waals surface area contributed by atoms with Crippen molar-refractivity contribution in [2.75, 3.05) is 7.11 Å². The van der Waals surface area contributed by atoms with Crippen LogP contribution in [0.5, 0.6) is 17.2 Å². The van der Waals surface area contributed by atoms with Gasteiger partial charge in [0.25, 0.3) is 0 Å². The molecule has 0 aliphatic carbocycles. The molecule has 0 spiro atoms. The van der Waals surface area contributed by atoms with E-state index < -0.39 is 0 Å². The third kappa shape index (κ3) is 3.50. The first-order valence-electron chi connectivity index (χ1n) is 6.45. The number of ether oxygens (including phenoxy) is 2. The van der Waals surface area contributed by atoms with Crippen molar-refractivity contribution < 1.29 is 9.47 Å². The molecule has 20 heavy (non-hydrogen) atoms. The molecule has 0 saturated heterocycles. The number of halogens is 1. The average Bonchev–Trinajstić information content (AvgIpc) is 2.44. The molecule has 0 fully saturated rings. The standard InChI is InChI=1S/C16H18AsClO2/c1-11-14(19-2)4-3-5-15(11)20-16-10-13(18)7-6-12(16)8-9-17/h3-7,10H,8-9,17H2,1-2H3. The number of hydrogen-bond acceptors (Lipinski definition) is 2. The first-order chi connectivity index (χ1) is 9.65. The molecule has 106 valence electrons. The van der Waals surface area contributed by atoms with Gasteiger partial charge in [0.2, 0.25) is 0 Å². The van der Waals surface area contributed by atoms with Gasteiger partial charge in [0.05, 0.1) is 0 Å². The zero-order valence-electron chi connectivity index (χ0n) is 11.7. The molecule has 0 saturated carbocycles. The molecule has 1 unspecified atom stereocenters. The first-order valence-corrected chi connectivity index (χ1v) is 8.54. The van der Waals surface area contributed by atoms with Crippen molar-refractivity contribution in [3.8, 4) is 17.2 Å². The summed E-state index contributed by atoms with van der Waals surface area (Å²) in [7, 11) is 1.66. The van der Waals surface area contributed by atoms with Crippen LogP contribution in [0.2, 0.25) is 10.2 Å². The Morgan fingerprint density at radius 3 is 2.55 bits per heavy atom. The predicted molar refractivity (Wildman–Crippen MR) is 86.3 cm³/mol. The molecule has 2 rings (SSSR count). The molecule has 0 aliphatic rings. The van der Waals surface area contributed by atoms with Gasteiger partial charge in [-0.05, 0) is 0 Å². The fourth-order valence-corrected chi connectivity index (χ4v) is 2.84. The van der Waals surface area contributed by atoms with Gasteiger partial charge in [0, 0.05) is 0 Å². The molecule has 4 heteroatoms. The van der Waals surface area contributed by atoms with E-state index in [4.69, 9.17) is 21.1 Å². The summed E-state index contributed by atoms with van der Waals surface area (Å²) in [5.41, 5.74) is 2.17. The maximum absolute atomic E-state index is 6.08. The van der Waals surface area contributed by atoms with E-state index in [1.807, 2.05) is 43.3 Å². The van der Waals surface area contributed by atoms with Gasteiger partial charge >= 0.3 is 133 Å². The molecule has 0 amide bonds. The van der Waals surface area contributed by atoms with Crippen molar-refractivity contribution >= 4 is 28.5 Å². The molecule has 0 heterocycles. The van der Waals surface area contributed by atoms with Gasteiger partial charge in [-0.2, -0.15) is 0 Å². The molecular weight excluding hydrogens is 335 g/mol. The monoisotopic (exact) mass is 352 g/mol. The zero-order chi connectivity index (χ0) is 14.5. The molecule has 2 aromatic rings. The Morgan fingerprint density at radius 1 is 1.10 bits per heavy atom. The Hall–Kier alpha value is -1.11. The van der Waals surface area contributed by atoms with E-state index in [0.717, 1.165) is 34.4 Å². The summed E-state index contributed by atoms with van der Waals surface area (Å²) in [6, 6.07) is 11.6. The van der Waals surface area contributed by atoms with E-state index in [-0.39, 0.29) is 0 Å². The minimum atomic E-state index is 0.686. The summed E-state index contributed by atoms with van der Waals surface area (Å²) in [5.74, 6) is 2.45. The molecular formula is C16H18AsClO2. The third-order valence-electron chi connectivity index (χ3n) is 3.12. The normalized spacial score (nSPS) is 10.4. The molecule has 0 radical (unpaired) electrons. The van der Waals surface area contributed by atoms with Gasteiger partial charge in [0.1, 0.15) is 0 Å². The van der Waals surface area contributed by atoms with Crippen LogP contribution >= 0.6 is 11.6 Å². The van der Waals surface area contributed by atoms with Gasteiger partial charge < -0.3 is 0 Å². The van der Waals surface area contributed by atoms with Crippen LogP contribution in [0.1, 0.15) is 11.1 Å². The number of aryl methyl sites for hydroxylation is 1. The van der Waals surface area contributed by atoms with Crippen LogP contribution in [0.4, 0.5) is 0 Å². The Labute approximate surface area is 133 Å². The molecule has 0 N–H and O–H groups in total. The second-order valence-corrected chi connectivity index (χ2v) is 6.12. The molecule has 0 aromatic heterocycles. The van der Waals surface area contributed by atoms with Gasteiger partial charge in [0.15, 0.2) is 0 Å². The van der Waals surface area contributed by atoms with Crippen molar-refractivity contribution in [1.29, 1.82) is 0 Å². The summed E-state index contributed by atoms with van der Waals surface area (Å²) in [6.45, 7) is 1.99. The second kappa shape index (κ2) is 7.06. The van der Waals surface area contributed by atoms with Gasteiger partial charge in [-0.15, -0.1) is 0 Å². The number of rotatable bonds is 5. The van der Waals surface area contributed by atoms with Crippen LogP contribution < -0.4 is 9.47 Å². The summed E-state index contributed by atoms with van der Waals surface area (Å²) >= 11 is 7.79. The Kier molecular flexibility index (Phi) is 5.39. The molecule has 2 nitrogen and oxygen atoms in total. The molecule has 0 aliphatic heterocycles. The minimum absolute atomic E-state index is 0.686. The van der Waals surface area contributed by atoms with Gasteiger partial charge in [-0.1, -0.05) is 0 Å². The van der Waals surface area contributed by atoms with Crippen molar-refractivity contribution in [3.63, 3.8) is 0 Å². The topological polar surface area (TPSA) is 18.5 Å². The summed E-state index contributed by atoms with van der Waals surface area (Å²) in [6.07, 6.45) is 0.996. The average molecular weight is 353 g/mol. The van der Waals surface area contributed by atoms with E-state index in [2.05, 4.69) is 0 Å². The van der Waals surface area contributed by atoms with Crippen LogP contribution in [0, 0.1) is 6.92 Å². The van der Waals surface area contributed by atoms with Crippen LogP contribution in [0.3, 0.4) is 0 Å². The summed E-state index contributed by atoms with van der Waals surface area (Å²) in [4.78, 5) is 0. The van der Waals surface area contributed by atoms with Gasteiger partial charge in [-0.25, -0.2) is 0 Å². The molecule has 0 bridgehead atoms. The van der Waals surface area contributed by atoms with Crippen molar-refractivity contribution in [3.05, 3.63) is 52.5 Å². The Balaban J connectivity index is 2.36. The quantitative estimate of drug-likeness (QED) is 0.756. The maximum atomic E-state index is 6.08. The van der Waals surface area contributed by atoms with Crippen LogP contribution in [0.25, 0.3) is 0 Å². The summed E-state index contributed by atoms with van der Waals surface area (Å²) in [5, 5.41) is 1.81. The van der Waals surface area contributed by atoms with Crippen molar-refractivity contribution in [1.82, 2.24) is 0 Å². The van der Waals surface area contributed by atoms with Crippen LogP contribution in [0.15, 0.2) is 36.4 Å². The van der Waals surface area contributed by atoms with E-state index >= 15 is 0 Å². The van der Waals surface area contributed by atoms with E-state index in [1.165, 1.54) is 5.56 Å². The van der Waals surface area contributed by atoms with Crippen LogP contribution in [-0.4, -0.2) is 24.0 Å². The zero-order valence-corrected chi connectivity index (χ0v) is 14.8. The fraction of sp³-hybridized carbons (Fsp3) is 0.250. The van der Waals surface area contributed by atoms with Crippen LogP contribution in [-0.2, 0) is 6.42 Å². The van der Waals surface area contributed by atoms with E-state index in [0.29, 0.717) is 5.02 Å². The predicted octanol–water partition coefficient (Wildman–Crippen LogP) is 4.04. The van der Waals surface area contributed by atoms with E-state index in [9.17, 15) is 0 Å². The van der Waals surface area contributed by atoms with Crippen molar-refractivity contribution in [2.24, 2.45) is 0 Å². The number of benzene rings is 2. The van der Waals surface area contributed by atoms with Crippen molar-refractivity contribution in [2.45, 2.75) is 18.6 Å². The second-order valence-electron chi connectivity index (χ2n) is 4.48. The molecule has 1 atom stereocenters. The Bertz CT molecular complexity index is 599. The first kappa shape index (κ1) is 15.3.